The number of halogens is 2. The van der Waals surface area contributed by atoms with Gasteiger partial charge in [0.05, 0.1) is 53.0 Å². The normalized spacial score (nSPS) is 11.0. The molecule has 2 aromatic heterocycles. The molecule has 0 spiro atoms. The number of aryl methyl sites for hydroxylation is 4. The molecule has 2 N–H and O–H groups in total. The summed E-state index contributed by atoms with van der Waals surface area (Å²) in [6, 6.07) is 16.0. The number of hydrogen-bond donors (Lipinski definition) is 2. The van der Waals surface area contributed by atoms with Gasteiger partial charge in [-0.2, -0.15) is 0 Å². The van der Waals surface area contributed by atoms with Crippen molar-refractivity contribution in [1.82, 2.24) is 9.13 Å². The van der Waals surface area contributed by atoms with Crippen molar-refractivity contribution in [1.29, 1.82) is 0 Å². The van der Waals surface area contributed by atoms with E-state index in [0.717, 1.165) is 59.2 Å². The largest absolute Gasteiger partial charge is 1.00 e. The molecule has 0 atom stereocenters. The number of anilines is 2. The highest BCUT2D eigenvalue weighted by Crippen LogP contribution is 2.23. The van der Waals surface area contributed by atoms with Gasteiger partial charge in [0.1, 0.15) is 11.4 Å². The summed E-state index contributed by atoms with van der Waals surface area (Å²) < 4.78 is 7.74. The van der Waals surface area contributed by atoms with Gasteiger partial charge in [-0.15, -0.1) is 0 Å². The van der Waals surface area contributed by atoms with E-state index in [9.17, 15) is 0 Å². The molecule has 0 saturated heterocycles. The predicted molar refractivity (Wildman–Crippen MR) is 156 cm³/mol. The fourth-order valence-electron chi connectivity index (χ4n) is 3.54. The van der Waals surface area contributed by atoms with Gasteiger partial charge in [0, 0.05) is 46.2 Å². The second-order valence-electron chi connectivity index (χ2n) is 8.63. The van der Waals surface area contributed by atoms with Gasteiger partial charge in [-0.25, -0.2) is 18.3 Å². The van der Waals surface area contributed by atoms with Crippen LogP contribution >= 0.6 is 21.6 Å². The Kier molecular flexibility index (Phi) is 13.3. The molecule has 0 saturated carbocycles. The zero-order valence-electron chi connectivity index (χ0n) is 22.9. The topological polar surface area (TPSA) is 91.1 Å². The maximum absolute atomic E-state index is 4.33. The zero-order chi connectivity index (χ0) is 26.7. The van der Waals surface area contributed by atoms with Crippen molar-refractivity contribution in [3.05, 3.63) is 73.3 Å². The summed E-state index contributed by atoms with van der Waals surface area (Å²) >= 11 is 0. The van der Waals surface area contributed by atoms with Crippen molar-refractivity contribution >= 4 is 56.2 Å². The number of rotatable bonds is 13. The monoisotopic (exact) mass is 588 g/mol. The maximum atomic E-state index is 4.33. The first-order valence-corrected chi connectivity index (χ1v) is 14.8. The smallest absolute Gasteiger partial charge is 0.421 e. The van der Waals surface area contributed by atoms with Gasteiger partial charge in [-0.05, 0) is 48.5 Å². The second-order valence-corrected chi connectivity index (χ2v) is 11.3. The molecule has 0 amide bonds. The van der Waals surface area contributed by atoms with Gasteiger partial charge in [0.2, 0.25) is 0 Å². The predicted octanol–water partition coefficient (Wildman–Crippen LogP) is -0.243. The maximum Gasteiger partial charge on any atom is 0.421 e. The summed E-state index contributed by atoms with van der Waals surface area (Å²) in [6.45, 7) is 1.81. The first-order valence-electron chi connectivity index (χ1n) is 12.3. The van der Waals surface area contributed by atoms with Gasteiger partial charge >= 0.3 is 11.9 Å². The van der Waals surface area contributed by atoms with Crippen LogP contribution in [-0.4, -0.2) is 33.7 Å². The molecule has 0 aliphatic heterocycles. The SMILES string of the molecule is Cn1cc[n+](C)c1N=Nc1ccc(NCCSSCCNc2ccc(N=Nc3n(C)cc[n+]3C)cc2)cc1.[F-].[F-]. The molecule has 14 heteroatoms. The molecule has 0 bridgehead atoms. The lowest BCUT2D eigenvalue weighted by molar-refractivity contribution is -0.657. The lowest BCUT2D eigenvalue weighted by Gasteiger charge is -2.07. The number of nitrogens with zero attached hydrogens (tertiary/aromatic N) is 8. The summed E-state index contributed by atoms with van der Waals surface area (Å²) in [4.78, 5) is 0. The number of nitrogens with one attached hydrogen (secondary N) is 2. The summed E-state index contributed by atoms with van der Waals surface area (Å²) in [5.74, 6) is 3.64. The van der Waals surface area contributed by atoms with Crippen LogP contribution in [-0.2, 0) is 28.2 Å². The molecule has 0 radical (unpaired) electrons. The number of imidazole rings is 2. The molecule has 0 aliphatic carbocycles. The van der Waals surface area contributed by atoms with Crippen LogP contribution < -0.4 is 29.2 Å². The van der Waals surface area contributed by atoms with E-state index in [1.54, 1.807) is 0 Å². The third kappa shape index (κ3) is 9.45. The second kappa shape index (κ2) is 16.4. The third-order valence-electron chi connectivity index (χ3n) is 5.65. The van der Waals surface area contributed by atoms with Crippen LogP contribution in [0.4, 0.5) is 34.6 Å². The Balaban J connectivity index is 0.00000280. The van der Waals surface area contributed by atoms with Gasteiger partial charge in [-0.1, -0.05) is 31.8 Å². The lowest BCUT2D eigenvalue weighted by atomic mass is 10.3. The van der Waals surface area contributed by atoms with Gasteiger partial charge in [-0.3, -0.25) is 0 Å². The molecular formula is C26H34F2N10S2. The van der Waals surface area contributed by atoms with Crippen molar-refractivity contribution in [3.63, 3.8) is 0 Å². The molecule has 4 rings (SSSR count). The Bertz CT molecular complexity index is 1220. The first-order chi connectivity index (χ1) is 18.5. The average Bonchev–Trinajstić information content (AvgIpc) is 3.43. The Morgan fingerprint density at radius 1 is 0.625 bits per heavy atom. The van der Waals surface area contributed by atoms with Crippen molar-refractivity contribution in [2.24, 2.45) is 48.6 Å². The number of benzene rings is 2. The van der Waals surface area contributed by atoms with Crippen LogP contribution in [0.1, 0.15) is 0 Å². The van der Waals surface area contributed by atoms with E-state index in [1.165, 1.54) is 0 Å². The van der Waals surface area contributed by atoms with Crippen molar-refractivity contribution in [2.45, 2.75) is 0 Å². The summed E-state index contributed by atoms with van der Waals surface area (Å²) in [6.07, 6.45) is 7.81. The van der Waals surface area contributed by atoms with E-state index < -0.39 is 0 Å². The highest BCUT2D eigenvalue weighted by Gasteiger charge is 2.11. The van der Waals surface area contributed by atoms with E-state index in [2.05, 4.69) is 31.1 Å². The fraction of sp³-hybridized carbons (Fsp3) is 0.308. The molecule has 40 heavy (non-hydrogen) atoms. The Hall–Kier alpha value is -3.78. The minimum atomic E-state index is 0. The highest BCUT2D eigenvalue weighted by molar-refractivity contribution is 8.76. The summed E-state index contributed by atoms with van der Waals surface area (Å²) in [5, 5.41) is 24.2. The van der Waals surface area contributed by atoms with Crippen molar-refractivity contribution in [2.75, 3.05) is 35.2 Å². The van der Waals surface area contributed by atoms with Crippen LogP contribution in [0.15, 0.2) is 93.8 Å². The van der Waals surface area contributed by atoms with E-state index in [-0.39, 0.29) is 9.41 Å². The number of azo groups is 2. The van der Waals surface area contributed by atoms with Crippen molar-refractivity contribution in [3.8, 4) is 0 Å². The van der Waals surface area contributed by atoms with Crippen molar-refractivity contribution < 1.29 is 18.5 Å². The molecule has 0 aliphatic rings. The van der Waals surface area contributed by atoms with Gasteiger partial charge in [0.25, 0.3) is 0 Å². The Morgan fingerprint density at radius 3 is 1.32 bits per heavy atom. The molecule has 0 unspecified atom stereocenters. The Labute approximate surface area is 240 Å². The van der Waals surface area contributed by atoms with Crippen LogP contribution in [0.5, 0.6) is 0 Å². The molecule has 10 nitrogen and oxygen atoms in total. The minimum absolute atomic E-state index is 0. The molecule has 2 aromatic carbocycles. The van der Waals surface area contributed by atoms with E-state index in [0.29, 0.717) is 0 Å². The van der Waals surface area contributed by atoms with Crippen LogP contribution in [0.2, 0.25) is 0 Å². The first kappa shape index (κ1) is 32.4. The Morgan fingerprint density at radius 2 is 1.00 bits per heavy atom. The molecule has 4 aromatic rings. The number of aromatic nitrogens is 4. The molecule has 2 heterocycles. The van der Waals surface area contributed by atoms with Gasteiger partial charge < -0.3 is 20.0 Å². The molecule has 0 fully saturated rings. The molecular weight excluding hydrogens is 554 g/mol. The van der Waals surface area contributed by atoms with Crippen LogP contribution in [0.25, 0.3) is 0 Å². The van der Waals surface area contributed by atoms with Gasteiger partial charge in [0.15, 0.2) is 0 Å². The van der Waals surface area contributed by atoms with Crippen LogP contribution in [0.3, 0.4) is 0 Å². The third-order valence-corrected chi connectivity index (χ3v) is 8.05. The standard InChI is InChI=1S/C26H32N10S2.2FH/c1-33-15-16-34(2)25(33)31-29-23-9-5-21(6-10-23)27-13-19-37-38-20-14-28-22-7-11-24(12-8-22)30-32-26-35(3)17-18-36(26)4;;/h5-12,15-18H,13-14,19-20H2,1-4H3;2*1H. The van der Waals surface area contributed by atoms with E-state index in [4.69, 9.17) is 0 Å². The average molecular weight is 589 g/mol. The zero-order valence-corrected chi connectivity index (χ0v) is 24.5. The lowest BCUT2D eigenvalue weighted by Crippen LogP contribution is -3.00. The quantitative estimate of drug-likeness (QED) is 0.0977. The summed E-state index contributed by atoms with van der Waals surface area (Å²) in [5.41, 5.74) is 3.83. The minimum Gasteiger partial charge on any atom is -1.00 e. The van der Waals surface area contributed by atoms with Crippen LogP contribution in [0, 0.1) is 0 Å². The van der Waals surface area contributed by atoms with E-state index in [1.807, 2.05) is 141 Å². The number of hydrogen-bond acceptors (Lipinski definition) is 8. The molecule has 214 valence electrons. The fourth-order valence-corrected chi connectivity index (χ4v) is 5.35. The summed E-state index contributed by atoms with van der Waals surface area (Å²) in [7, 11) is 11.6. The highest BCUT2D eigenvalue weighted by atomic mass is 33.1. The van der Waals surface area contributed by atoms with E-state index >= 15 is 0 Å².